The highest BCUT2D eigenvalue weighted by Gasteiger charge is 2.20. The number of anilines is 2. The van der Waals surface area contributed by atoms with Crippen LogP contribution in [0.4, 0.5) is 10.3 Å². The minimum atomic E-state index is -0.265. The molecule has 1 unspecified atom stereocenters. The SMILES string of the molecule is CC(Sc1nnc(N)s1)C(=O)Nc1nc2c(s1)CCCC2. The number of hydrogen-bond acceptors (Lipinski definition) is 8. The van der Waals surface area contributed by atoms with Gasteiger partial charge in [-0.25, -0.2) is 4.98 Å². The number of fused-ring (bicyclic) bond motifs is 1. The molecule has 0 radical (unpaired) electrons. The van der Waals surface area contributed by atoms with Crippen LogP contribution in [0.2, 0.25) is 0 Å². The normalized spacial score (nSPS) is 15.5. The van der Waals surface area contributed by atoms with Gasteiger partial charge in [-0.2, -0.15) is 0 Å². The van der Waals surface area contributed by atoms with Crippen LogP contribution in [0.1, 0.15) is 30.3 Å². The van der Waals surface area contributed by atoms with Crippen molar-refractivity contribution in [2.24, 2.45) is 0 Å². The molecule has 1 aliphatic rings. The Kier molecular flexibility index (Phi) is 4.41. The monoisotopic (exact) mass is 341 g/mol. The van der Waals surface area contributed by atoms with Crippen molar-refractivity contribution in [1.29, 1.82) is 0 Å². The molecule has 2 aromatic rings. The van der Waals surface area contributed by atoms with Gasteiger partial charge in [-0.15, -0.1) is 21.5 Å². The van der Waals surface area contributed by atoms with E-state index in [1.807, 2.05) is 6.92 Å². The third kappa shape index (κ3) is 3.53. The predicted octanol–water partition coefficient (Wildman–Crippen LogP) is 2.57. The van der Waals surface area contributed by atoms with Crippen molar-refractivity contribution >= 4 is 50.6 Å². The third-order valence-electron chi connectivity index (χ3n) is 3.14. The number of nitrogens with one attached hydrogen (secondary N) is 1. The molecule has 0 bridgehead atoms. The Labute approximate surface area is 134 Å². The molecule has 0 spiro atoms. The molecule has 3 N–H and O–H groups in total. The Hall–Kier alpha value is -1.19. The van der Waals surface area contributed by atoms with Crippen molar-refractivity contribution in [1.82, 2.24) is 15.2 Å². The van der Waals surface area contributed by atoms with Gasteiger partial charge in [0.1, 0.15) is 0 Å². The first-order chi connectivity index (χ1) is 10.1. The fourth-order valence-electron chi connectivity index (χ4n) is 2.09. The van der Waals surface area contributed by atoms with E-state index in [1.54, 1.807) is 11.3 Å². The summed E-state index contributed by atoms with van der Waals surface area (Å²) in [5.41, 5.74) is 6.68. The van der Waals surface area contributed by atoms with Gasteiger partial charge < -0.3 is 11.1 Å². The molecule has 0 saturated carbocycles. The van der Waals surface area contributed by atoms with Gasteiger partial charge in [-0.1, -0.05) is 23.1 Å². The van der Waals surface area contributed by atoms with Gasteiger partial charge in [-0.3, -0.25) is 4.79 Å². The number of nitrogens with zero attached hydrogens (tertiary/aromatic N) is 3. The summed E-state index contributed by atoms with van der Waals surface area (Å²) in [7, 11) is 0. The van der Waals surface area contributed by atoms with Crippen molar-refractivity contribution in [2.75, 3.05) is 11.1 Å². The highest BCUT2D eigenvalue weighted by Crippen LogP contribution is 2.31. The zero-order valence-corrected chi connectivity index (χ0v) is 13.9. The van der Waals surface area contributed by atoms with Gasteiger partial charge in [0.2, 0.25) is 11.0 Å². The van der Waals surface area contributed by atoms with Crippen LogP contribution in [0.5, 0.6) is 0 Å². The number of hydrogen-bond donors (Lipinski definition) is 2. The zero-order valence-electron chi connectivity index (χ0n) is 11.5. The number of thioether (sulfide) groups is 1. The fraction of sp³-hybridized carbons (Fsp3) is 0.500. The number of carbonyl (C=O) groups is 1. The summed E-state index contributed by atoms with van der Waals surface area (Å²) in [5.74, 6) is -0.0696. The van der Waals surface area contributed by atoms with Crippen LogP contribution in [-0.4, -0.2) is 26.3 Å². The molecule has 2 heterocycles. The molecule has 9 heteroatoms. The highest BCUT2D eigenvalue weighted by atomic mass is 32.2. The Morgan fingerprint density at radius 3 is 2.86 bits per heavy atom. The smallest absolute Gasteiger partial charge is 0.239 e. The van der Waals surface area contributed by atoms with Gasteiger partial charge in [0.25, 0.3) is 0 Å². The van der Waals surface area contributed by atoms with E-state index in [9.17, 15) is 4.79 Å². The highest BCUT2D eigenvalue weighted by molar-refractivity contribution is 8.02. The number of carbonyl (C=O) groups excluding carboxylic acids is 1. The molecule has 1 atom stereocenters. The summed E-state index contributed by atoms with van der Waals surface area (Å²) in [5, 5.41) is 11.4. The second kappa shape index (κ2) is 6.29. The molecular weight excluding hydrogens is 326 g/mol. The maximum atomic E-state index is 12.2. The maximum Gasteiger partial charge on any atom is 0.239 e. The topological polar surface area (TPSA) is 93.8 Å². The average molecular weight is 341 g/mol. The lowest BCUT2D eigenvalue weighted by molar-refractivity contribution is -0.115. The van der Waals surface area contributed by atoms with Crippen molar-refractivity contribution < 1.29 is 4.79 Å². The lowest BCUT2D eigenvalue weighted by Crippen LogP contribution is -2.22. The van der Waals surface area contributed by atoms with Crippen molar-refractivity contribution in [2.45, 2.75) is 42.2 Å². The molecule has 0 aliphatic heterocycles. The van der Waals surface area contributed by atoms with Crippen LogP contribution < -0.4 is 11.1 Å². The molecule has 1 amide bonds. The van der Waals surface area contributed by atoms with Crippen LogP contribution in [0.15, 0.2) is 4.34 Å². The summed E-state index contributed by atoms with van der Waals surface area (Å²) < 4.78 is 0.702. The first kappa shape index (κ1) is 14.7. The lowest BCUT2D eigenvalue weighted by Gasteiger charge is -2.07. The summed E-state index contributed by atoms with van der Waals surface area (Å²) in [6.45, 7) is 1.84. The molecular formula is C12H15N5OS3. The summed E-state index contributed by atoms with van der Waals surface area (Å²) >= 11 is 4.24. The molecule has 3 rings (SSSR count). The summed E-state index contributed by atoms with van der Waals surface area (Å²) in [6, 6.07) is 0. The van der Waals surface area contributed by atoms with Crippen LogP contribution >= 0.6 is 34.4 Å². The molecule has 2 aromatic heterocycles. The second-order valence-corrected chi connectivity index (χ2v) is 8.43. The van der Waals surface area contributed by atoms with E-state index in [4.69, 9.17) is 5.73 Å². The number of nitrogen functional groups attached to an aromatic ring is 1. The van der Waals surface area contributed by atoms with E-state index >= 15 is 0 Å². The lowest BCUT2D eigenvalue weighted by atomic mass is 10.0. The Balaban J connectivity index is 1.61. The Morgan fingerprint density at radius 2 is 2.14 bits per heavy atom. The van der Waals surface area contributed by atoms with E-state index < -0.39 is 0 Å². The molecule has 1 aliphatic carbocycles. The van der Waals surface area contributed by atoms with E-state index in [2.05, 4.69) is 20.5 Å². The van der Waals surface area contributed by atoms with Crippen LogP contribution in [0.25, 0.3) is 0 Å². The number of thiazole rings is 1. The minimum absolute atomic E-state index is 0.0696. The van der Waals surface area contributed by atoms with Gasteiger partial charge in [0.15, 0.2) is 9.47 Å². The number of amides is 1. The molecule has 0 saturated heterocycles. The largest absolute Gasteiger partial charge is 0.374 e. The van der Waals surface area contributed by atoms with E-state index in [0.29, 0.717) is 14.6 Å². The minimum Gasteiger partial charge on any atom is -0.374 e. The number of aryl methyl sites for hydroxylation is 2. The molecule has 0 fully saturated rings. The molecule has 0 aromatic carbocycles. The van der Waals surface area contributed by atoms with E-state index in [-0.39, 0.29) is 11.2 Å². The first-order valence-corrected chi connectivity index (χ1v) is 9.18. The van der Waals surface area contributed by atoms with E-state index in [1.165, 1.54) is 40.8 Å². The number of aromatic nitrogens is 3. The van der Waals surface area contributed by atoms with Gasteiger partial charge in [-0.05, 0) is 32.6 Å². The third-order valence-corrected chi connectivity index (χ3v) is 6.15. The van der Waals surface area contributed by atoms with Crippen molar-refractivity contribution in [3.63, 3.8) is 0 Å². The van der Waals surface area contributed by atoms with Crippen molar-refractivity contribution in [3.05, 3.63) is 10.6 Å². The molecule has 21 heavy (non-hydrogen) atoms. The maximum absolute atomic E-state index is 12.2. The van der Waals surface area contributed by atoms with Crippen LogP contribution in [-0.2, 0) is 17.6 Å². The number of nitrogens with two attached hydrogens (primary N) is 1. The van der Waals surface area contributed by atoms with E-state index in [0.717, 1.165) is 18.5 Å². The Morgan fingerprint density at radius 1 is 1.33 bits per heavy atom. The average Bonchev–Trinajstić information content (AvgIpc) is 3.04. The van der Waals surface area contributed by atoms with Crippen LogP contribution in [0, 0.1) is 0 Å². The molecule has 112 valence electrons. The quantitative estimate of drug-likeness (QED) is 0.830. The first-order valence-electron chi connectivity index (χ1n) is 6.67. The predicted molar refractivity (Wildman–Crippen MR) is 87.0 cm³/mol. The fourth-order valence-corrected chi connectivity index (χ4v) is 4.92. The summed E-state index contributed by atoms with van der Waals surface area (Å²) in [6.07, 6.45) is 4.51. The van der Waals surface area contributed by atoms with Gasteiger partial charge in [0, 0.05) is 4.88 Å². The van der Waals surface area contributed by atoms with Gasteiger partial charge in [0.05, 0.1) is 10.9 Å². The Bertz CT molecular complexity index is 630. The number of rotatable bonds is 4. The van der Waals surface area contributed by atoms with Gasteiger partial charge >= 0.3 is 0 Å². The second-order valence-electron chi connectivity index (χ2n) is 4.75. The molecule has 6 nitrogen and oxygen atoms in total. The zero-order chi connectivity index (χ0) is 14.8. The van der Waals surface area contributed by atoms with Crippen LogP contribution in [0.3, 0.4) is 0 Å². The standard InChI is InChI=1S/C12H15N5OS3/c1-6(19-12-17-16-10(13)21-12)9(18)15-11-14-7-4-2-3-5-8(7)20-11/h6H,2-5H2,1H3,(H2,13,16)(H,14,15,18). The summed E-state index contributed by atoms with van der Waals surface area (Å²) in [4.78, 5) is 18.0. The van der Waals surface area contributed by atoms with Crippen molar-refractivity contribution in [3.8, 4) is 0 Å².